The SMILES string of the molecule is CN(C)CCOc1cc(F)cc(-c2nccc3[nH]c(-c4n[nH]c5ncc(-c6cncc(NC(O)C(C)(C)C)c6)cc45)nc23)c1. The van der Waals surface area contributed by atoms with Crippen LogP contribution in [0.15, 0.2) is 61.2 Å². The molecule has 0 aliphatic carbocycles. The van der Waals surface area contributed by atoms with Crippen LogP contribution in [0.4, 0.5) is 10.1 Å². The van der Waals surface area contributed by atoms with Crippen LogP contribution in [0.1, 0.15) is 20.8 Å². The summed E-state index contributed by atoms with van der Waals surface area (Å²) in [5.41, 5.74) is 5.55. The quantitative estimate of drug-likeness (QED) is 0.160. The number of benzene rings is 1. The second kappa shape index (κ2) is 11.6. The monoisotopic (exact) mass is 595 g/mol. The fourth-order valence-electron chi connectivity index (χ4n) is 4.68. The molecule has 0 fully saturated rings. The summed E-state index contributed by atoms with van der Waals surface area (Å²) in [4.78, 5) is 23.7. The summed E-state index contributed by atoms with van der Waals surface area (Å²) >= 11 is 0. The first-order valence-electron chi connectivity index (χ1n) is 14.2. The van der Waals surface area contributed by atoms with E-state index < -0.39 is 12.0 Å². The lowest BCUT2D eigenvalue weighted by atomic mass is 9.94. The molecule has 0 saturated carbocycles. The molecular weight excluding hydrogens is 561 g/mol. The standard InChI is InChI=1S/C32H34FN9O2/c1-32(2,3)31(43)37-22-11-19(15-34-17-22)20-13-24-27(40-41-29(24)36-16-20)30-38-25-6-7-35-26(28(25)39-30)18-10-21(33)14-23(12-18)44-9-8-42(4)5/h6-7,10-17,31,37,43H,8-9H2,1-5H3,(H,38,39)(H,36,40,41). The van der Waals surface area contributed by atoms with Crippen LogP contribution in [0.25, 0.3) is 56.0 Å². The maximum Gasteiger partial charge on any atom is 0.159 e. The number of halogens is 1. The number of hydrogen-bond acceptors (Lipinski definition) is 9. The third-order valence-electron chi connectivity index (χ3n) is 7.19. The molecule has 1 unspecified atom stereocenters. The average molecular weight is 596 g/mol. The van der Waals surface area contributed by atoms with Crippen molar-refractivity contribution in [1.29, 1.82) is 0 Å². The van der Waals surface area contributed by atoms with E-state index in [0.717, 1.165) is 22.0 Å². The number of ether oxygens (including phenoxy) is 1. The molecule has 6 aromatic rings. The van der Waals surface area contributed by atoms with Crippen LogP contribution in [0.2, 0.25) is 0 Å². The molecule has 1 atom stereocenters. The van der Waals surface area contributed by atoms with E-state index in [0.29, 0.717) is 58.5 Å². The lowest BCUT2D eigenvalue weighted by Gasteiger charge is -2.27. The van der Waals surface area contributed by atoms with Crippen molar-refractivity contribution in [2.24, 2.45) is 5.41 Å². The van der Waals surface area contributed by atoms with Gasteiger partial charge in [0.15, 0.2) is 11.5 Å². The molecule has 0 bridgehead atoms. The minimum absolute atomic E-state index is 0.346. The number of likely N-dealkylation sites (N-methyl/N-ethyl adjacent to an activating group) is 1. The molecule has 1 aromatic carbocycles. The van der Waals surface area contributed by atoms with Gasteiger partial charge in [0.05, 0.1) is 28.5 Å². The first-order valence-corrected chi connectivity index (χ1v) is 14.2. The van der Waals surface area contributed by atoms with Crippen LogP contribution < -0.4 is 10.1 Å². The molecule has 0 saturated heterocycles. The summed E-state index contributed by atoms with van der Waals surface area (Å²) in [6.07, 6.45) is 6.07. The van der Waals surface area contributed by atoms with Crippen LogP contribution in [0.3, 0.4) is 0 Å². The second-order valence-electron chi connectivity index (χ2n) is 12.0. The van der Waals surface area contributed by atoms with E-state index in [4.69, 9.17) is 9.72 Å². The zero-order valence-corrected chi connectivity index (χ0v) is 25.2. The fourth-order valence-corrected chi connectivity index (χ4v) is 4.68. The Bertz CT molecular complexity index is 1940. The molecule has 4 N–H and O–H groups in total. The highest BCUT2D eigenvalue weighted by Gasteiger charge is 2.22. The Labute approximate surface area is 253 Å². The van der Waals surface area contributed by atoms with Gasteiger partial charge in [-0.1, -0.05) is 20.8 Å². The summed E-state index contributed by atoms with van der Waals surface area (Å²) < 4.78 is 20.4. The minimum atomic E-state index is -0.748. The van der Waals surface area contributed by atoms with Crippen molar-refractivity contribution >= 4 is 27.8 Å². The van der Waals surface area contributed by atoms with E-state index in [-0.39, 0.29) is 5.41 Å². The Kier molecular flexibility index (Phi) is 7.70. The topological polar surface area (TPSA) is 141 Å². The number of pyridine rings is 3. The predicted molar refractivity (Wildman–Crippen MR) is 169 cm³/mol. The van der Waals surface area contributed by atoms with Gasteiger partial charge in [0.2, 0.25) is 0 Å². The largest absolute Gasteiger partial charge is 0.492 e. The van der Waals surface area contributed by atoms with Crippen LogP contribution >= 0.6 is 0 Å². The number of aliphatic hydroxyl groups excluding tert-OH is 1. The maximum absolute atomic E-state index is 14.6. The molecule has 0 amide bonds. The molecule has 0 aliphatic rings. The molecule has 0 aliphatic heterocycles. The smallest absolute Gasteiger partial charge is 0.159 e. The van der Waals surface area contributed by atoms with Crippen molar-refractivity contribution in [2.45, 2.75) is 27.0 Å². The first-order chi connectivity index (χ1) is 21.0. The molecule has 6 rings (SSSR count). The second-order valence-corrected chi connectivity index (χ2v) is 12.0. The van der Waals surface area contributed by atoms with Crippen LogP contribution in [0, 0.1) is 11.2 Å². The Morgan fingerprint density at radius 2 is 1.82 bits per heavy atom. The van der Waals surface area contributed by atoms with Gasteiger partial charge in [-0.05, 0) is 44.4 Å². The number of rotatable bonds is 9. The highest BCUT2D eigenvalue weighted by Crippen LogP contribution is 2.33. The van der Waals surface area contributed by atoms with Crippen molar-refractivity contribution < 1.29 is 14.2 Å². The molecule has 5 aromatic heterocycles. The number of fused-ring (bicyclic) bond motifs is 2. The number of nitrogens with one attached hydrogen (secondary N) is 3. The molecule has 12 heteroatoms. The van der Waals surface area contributed by atoms with E-state index in [2.05, 4.69) is 35.5 Å². The van der Waals surface area contributed by atoms with Crippen molar-refractivity contribution in [3.05, 3.63) is 67.0 Å². The maximum atomic E-state index is 14.6. The van der Waals surface area contributed by atoms with Gasteiger partial charge >= 0.3 is 0 Å². The summed E-state index contributed by atoms with van der Waals surface area (Å²) in [5.74, 6) is 0.519. The summed E-state index contributed by atoms with van der Waals surface area (Å²) in [7, 11) is 3.90. The van der Waals surface area contributed by atoms with Gasteiger partial charge < -0.3 is 25.0 Å². The molecule has 44 heavy (non-hydrogen) atoms. The predicted octanol–water partition coefficient (Wildman–Crippen LogP) is 5.48. The molecule has 5 heterocycles. The number of H-pyrrole nitrogens is 2. The summed E-state index contributed by atoms with van der Waals surface area (Å²) in [6.45, 7) is 6.99. The molecule has 11 nitrogen and oxygen atoms in total. The van der Waals surface area contributed by atoms with Crippen molar-refractivity contribution in [3.63, 3.8) is 0 Å². The third kappa shape index (κ3) is 6.08. The minimum Gasteiger partial charge on any atom is -0.492 e. The molecule has 226 valence electrons. The summed E-state index contributed by atoms with van der Waals surface area (Å²) in [6, 6.07) is 10.3. The number of aliphatic hydroxyl groups is 1. The Hall–Kier alpha value is -4.94. The van der Waals surface area contributed by atoms with Crippen molar-refractivity contribution in [3.8, 4) is 39.7 Å². The number of anilines is 1. The number of aromatic nitrogens is 7. The number of nitrogens with zero attached hydrogens (tertiary/aromatic N) is 6. The number of hydrogen-bond donors (Lipinski definition) is 4. The van der Waals surface area contributed by atoms with Gasteiger partial charge in [0, 0.05) is 53.3 Å². The van der Waals surface area contributed by atoms with E-state index in [1.165, 1.54) is 12.1 Å². The van der Waals surface area contributed by atoms with Gasteiger partial charge in [-0.3, -0.25) is 15.1 Å². The van der Waals surface area contributed by atoms with Gasteiger partial charge in [-0.2, -0.15) is 5.10 Å². The van der Waals surface area contributed by atoms with Gasteiger partial charge in [0.25, 0.3) is 0 Å². The average Bonchev–Trinajstić information content (AvgIpc) is 3.60. The lowest BCUT2D eigenvalue weighted by Crippen LogP contribution is -2.33. The Morgan fingerprint density at radius 1 is 1.00 bits per heavy atom. The van der Waals surface area contributed by atoms with Gasteiger partial charge in [0.1, 0.15) is 35.6 Å². The van der Waals surface area contributed by atoms with Gasteiger partial charge in [-0.25, -0.2) is 14.4 Å². The molecule has 0 radical (unpaired) electrons. The lowest BCUT2D eigenvalue weighted by molar-refractivity contribution is 0.0880. The van der Waals surface area contributed by atoms with Crippen LogP contribution in [-0.4, -0.2) is 78.6 Å². The first kappa shape index (κ1) is 29.1. The van der Waals surface area contributed by atoms with Crippen LogP contribution in [-0.2, 0) is 0 Å². The Balaban J connectivity index is 1.35. The zero-order chi connectivity index (χ0) is 31.0. The normalized spacial score (nSPS) is 12.7. The zero-order valence-electron chi connectivity index (χ0n) is 25.2. The van der Waals surface area contributed by atoms with E-state index in [1.54, 1.807) is 30.9 Å². The van der Waals surface area contributed by atoms with E-state index >= 15 is 0 Å². The van der Waals surface area contributed by atoms with Gasteiger partial charge in [-0.15, -0.1) is 0 Å². The van der Waals surface area contributed by atoms with E-state index in [9.17, 15) is 9.50 Å². The van der Waals surface area contributed by atoms with Crippen molar-refractivity contribution in [1.82, 2.24) is 40.0 Å². The highest BCUT2D eigenvalue weighted by atomic mass is 19.1. The third-order valence-corrected chi connectivity index (χ3v) is 7.19. The number of imidazole rings is 1. The summed E-state index contributed by atoms with van der Waals surface area (Å²) in [5, 5.41) is 21.9. The molecule has 0 spiro atoms. The molecular formula is C32H34FN9O2. The Morgan fingerprint density at radius 3 is 2.61 bits per heavy atom. The number of aromatic amines is 2. The fraction of sp³-hybridized carbons (Fsp3) is 0.281. The van der Waals surface area contributed by atoms with E-state index in [1.807, 2.05) is 58.0 Å². The van der Waals surface area contributed by atoms with Crippen LogP contribution in [0.5, 0.6) is 5.75 Å². The highest BCUT2D eigenvalue weighted by molar-refractivity contribution is 5.96. The van der Waals surface area contributed by atoms with Crippen molar-refractivity contribution in [2.75, 3.05) is 32.6 Å².